The van der Waals surface area contributed by atoms with E-state index in [4.69, 9.17) is 9.47 Å². The highest BCUT2D eigenvalue weighted by molar-refractivity contribution is 5.92. The van der Waals surface area contributed by atoms with Gasteiger partial charge in [-0.15, -0.1) is 0 Å². The largest absolute Gasteiger partial charge is 0.445 e. The molecule has 0 saturated carbocycles. The summed E-state index contributed by atoms with van der Waals surface area (Å²) in [6, 6.07) is 35.6. The second-order valence-electron chi connectivity index (χ2n) is 10.7. The number of benzene rings is 4. The SMILES string of the molecule is O=C(/C=C\C(=O)OC1(c2ccccc2)CNCCc2ccccc21)OC1(c2ccccc2)CNCCc2ccccc21. The van der Waals surface area contributed by atoms with Gasteiger partial charge in [0, 0.05) is 47.5 Å². The van der Waals surface area contributed by atoms with Crippen LogP contribution in [0.5, 0.6) is 0 Å². The van der Waals surface area contributed by atoms with E-state index >= 15 is 0 Å². The topological polar surface area (TPSA) is 76.7 Å². The first-order valence-corrected chi connectivity index (χ1v) is 14.4. The summed E-state index contributed by atoms with van der Waals surface area (Å²) in [5.41, 5.74) is 3.74. The number of rotatable bonds is 6. The molecule has 0 aliphatic carbocycles. The van der Waals surface area contributed by atoms with Crippen molar-refractivity contribution in [1.29, 1.82) is 0 Å². The van der Waals surface area contributed by atoms with Gasteiger partial charge in [0.25, 0.3) is 0 Å². The number of fused-ring (bicyclic) bond motifs is 2. The van der Waals surface area contributed by atoms with Gasteiger partial charge in [0.05, 0.1) is 0 Å². The van der Waals surface area contributed by atoms with Crippen molar-refractivity contribution in [1.82, 2.24) is 10.6 Å². The smallest absolute Gasteiger partial charge is 0.332 e. The Morgan fingerprint density at radius 2 is 0.929 bits per heavy atom. The standard InChI is InChI=1S/C36H34N2O4/c39-33(41-35(29-13-3-1-4-14-29)25-37-23-21-27-11-7-9-17-31(27)35)19-20-34(40)42-36(30-15-5-2-6-16-30)26-38-24-22-28-12-8-10-18-32(28)36/h1-20,37-38H,21-26H2/b20-19-. The number of carbonyl (C=O) groups excluding carboxylic acids is 2. The molecule has 42 heavy (non-hydrogen) atoms. The zero-order valence-electron chi connectivity index (χ0n) is 23.4. The molecule has 0 aromatic heterocycles. The van der Waals surface area contributed by atoms with Gasteiger partial charge < -0.3 is 20.1 Å². The fourth-order valence-corrected chi connectivity index (χ4v) is 6.21. The molecule has 0 bridgehead atoms. The summed E-state index contributed by atoms with van der Waals surface area (Å²) >= 11 is 0. The van der Waals surface area contributed by atoms with Gasteiger partial charge in [-0.25, -0.2) is 9.59 Å². The van der Waals surface area contributed by atoms with E-state index in [1.165, 1.54) is 12.2 Å². The molecule has 212 valence electrons. The summed E-state index contributed by atoms with van der Waals surface area (Å²) in [6.45, 7) is 2.36. The third-order valence-electron chi connectivity index (χ3n) is 8.18. The fourth-order valence-electron chi connectivity index (χ4n) is 6.21. The van der Waals surface area contributed by atoms with Crippen molar-refractivity contribution >= 4 is 11.9 Å². The minimum Gasteiger partial charge on any atom is -0.445 e. The molecule has 6 nitrogen and oxygen atoms in total. The Morgan fingerprint density at radius 1 is 0.548 bits per heavy atom. The average Bonchev–Trinajstić information content (AvgIpc) is 3.34. The van der Waals surface area contributed by atoms with Crippen LogP contribution in [0.1, 0.15) is 33.4 Å². The van der Waals surface area contributed by atoms with E-state index < -0.39 is 23.1 Å². The van der Waals surface area contributed by atoms with Crippen molar-refractivity contribution in [2.24, 2.45) is 0 Å². The fraction of sp³-hybridized carbons (Fsp3) is 0.222. The van der Waals surface area contributed by atoms with Crippen LogP contribution >= 0.6 is 0 Å². The number of carbonyl (C=O) groups is 2. The monoisotopic (exact) mass is 558 g/mol. The summed E-state index contributed by atoms with van der Waals surface area (Å²) in [7, 11) is 0. The Morgan fingerprint density at radius 3 is 1.36 bits per heavy atom. The van der Waals surface area contributed by atoms with Crippen molar-refractivity contribution in [2.45, 2.75) is 24.0 Å². The number of hydrogen-bond acceptors (Lipinski definition) is 6. The van der Waals surface area contributed by atoms with Crippen LogP contribution in [0.15, 0.2) is 121 Å². The molecular formula is C36H34N2O4. The third-order valence-corrected chi connectivity index (χ3v) is 8.18. The Kier molecular flexibility index (Phi) is 8.00. The predicted octanol–water partition coefficient (Wildman–Crippen LogP) is 4.81. The van der Waals surface area contributed by atoms with Crippen molar-refractivity contribution in [3.8, 4) is 0 Å². The summed E-state index contributed by atoms with van der Waals surface area (Å²) < 4.78 is 12.6. The summed E-state index contributed by atoms with van der Waals surface area (Å²) in [4.78, 5) is 26.9. The second kappa shape index (κ2) is 12.1. The van der Waals surface area contributed by atoms with Gasteiger partial charge in [-0.1, -0.05) is 109 Å². The van der Waals surface area contributed by atoms with E-state index in [1.54, 1.807) is 0 Å². The molecule has 2 N–H and O–H groups in total. The van der Waals surface area contributed by atoms with E-state index in [1.807, 2.05) is 97.1 Å². The highest BCUT2D eigenvalue weighted by atomic mass is 16.6. The van der Waals surface area contributed by atoms with Crippen LogP contribution in [-0.2, 0) is 43.1 Å². The molecule has 0 amide bonds. The zero-order valence-corrected chi connectivity index (χ0v) is 23.4. The molecular weight excluding hydrogens is 524 g/mol. The molecule has 4 aromatic carbocycles. The second-order valence-corrected chi connectivity index (χ2v) is 10.7. The normalized spacial score (nSPS) is 21.8. The molecule has 6 rings (SSSR count). The van der Waals surface area contributed by atoms with Crippen LogP contribution in [0, 0.1) is 0 Å². The molecule has 2 aliphatic heterocycles. The van der Waals surface area contributed by atoms with Gasteiger partial charge in [-0.2, -0.15) is 0 Å². The van der Waals surface area contributed by atoms with Gasteiger partial charge in [-0.05, 0) is 37.1 Å². The van der Waals surface area contributed by atoms with E-state index in [0.717, 1.165) is 59.3 Å². The van der Waals surface area contributed by atoms with Crippen molar-refractivity contribution in [3.63, 3.8) is 0 Å². The van der Waals surface area contributed by atoms with Crippen LogP contribution < -0.4 is 10.6 Å². The van der Waals surface area contributed by atoms with Gasteiger partial charge in [-0.3, -0.25) is 0 Å². The first kappa shape index (κ1) is 27.6. The maximum Gasteiger partial charge on any atom is 0.332 e. The van der Waals surface area contributed by atoms with E-state index in [9.17, 15) is 9.59 Å². The van der Waals surface area contributed by atoms with Crippen LogP contribution in [0.25, 0.3) is 0 Å². The van der Waals surface area contributed by atoms with Crippen molar-refractivity contribution in [2.75, 3.05) is 26.2 Å². The highest BCUT2D eigenvalue weighted by Gasteiger charge is 2.42. The lowest BCUT2D eigenvalue weighted by atomic mass is 9.83. The molecule has 2 unspecified atom stereocenters. The van der Waals surface area contributed by atoms with Gasteiger partial charge in [0.15, 0.2) is 11.2 Å². The maximum atomic E-state index is 13.5. The lowest BCUT2D eigenvalue weighted by Crippen LogP contribution is -2.42. The first-order chi connectivity index (χ1) is 20.6. The molecule has 2 heterocycles. The quantitative estimate of drug-likeness (QED) is 0.261. The molecule has 6 heteroatoms. The summed E-state index contributed by atoms with van der Waals surface area (Å²) in [5.74, 6) is -1.25. The molecule has 4 aromatic rings. The number of esters is 2. The number of nitrogens with one attached hydrogen (secondary N) is 2. The van der Waals surface area contributed by atoms with E-state index in [-0.39, 0.29) is 0 Å². The molecule has 0 fully saturated rings. The third kappa shape index (κ3) is 5.39. The highest BCUT2D eigenvalue weighted by Crippen LogP contribution is 2.39. The Labute approximate surface area is 246 Å². The zero-order chi connectivity index (χ0) is 28.8. The maximum absolute atomic E-state index is 13.5. The number of hydrogen-bond donors (Lipinski definition) is 2. The number of ether oxygens (including phenoxy) is 2. The average molecular weight is 559 g/mol. The van der Waals surface area contributed by atoms with Crippen LogP contribution in [-0.4, -0.2) is 38.1 Å². The minimum absolute atomic E-state index is 0.414. The van der Waals surface area contributed by atoms with Gasteiger partial charge >= 0.3 is 11.9 Å². The van der Waals surface area contributed by atoms with Gasteiger partial charge in [0.2, 0.25) is 0 Å². The van der Waals surface area contributed by atoms with E-state index in [2.05, 4.69) is 22.8 Å². The van der Waals surface area contributed by atoms with E-state index in [0.29, 0.717) is 13.1 Å². The lowest BCUT2D eigenvalue weighted by molar-refractivity contribution is -0.153. The molecule has 0 radical (unpaired) electrons. The first-order valence-electron chi connectivity index (χ1n) is 14.4. The Bertz CT molecular complexity index is 1470. The Balaban J connectivity index is 1.30. The van der Waals surface area contributed by atoms with Crippen LogP contribution in [0.3, 0.4) is 0 Å². The lowest BCUT2D eigenvalue weighted by Gasteiger charge is -2.35. The van der Waals surface area contributed by atoms with Crippen molar-refractivity contribution < 1.29 is 19.1 Å². The molecule has 2 atom stereocenters. The van der Waals surface area contributed by atoms with Crippen molar-refractivity contribution in [3.05, 3.63) is 155 Å². The minimum atomic E-state index is -1.05. The Hall–Kier alpha value is -4.52. The summed E-state index contributed by atoms with van der Waals surface area (Å²) in [5, 5.41) is 6.89. The molecule has 0 saturated heterocycles. The van der Waals surface area contributed by atoms with Crippen LogP contribution in [0.4, 0.5) is 0 Å². The predicted molar refractivity (Wildman–Crippen MR) is 162 cm³/mol. The summed E-state index contributed by atoms with van der Waals surface area (Å²) in [6.07, 6.45) is 3.99. The van der Waals surface area contributed by atoms with Crippen LogP contribution in [0.2, 0.25) is 0 Å². The van der Waals surface area contributed by atoms with Gasteiger partial charge in [0.1, 0.15) is 0 Å². The molecule has 0 spiro atoms. The molecule has 2 aliphatic rings.